The lowest BCUT2D eigenvalue weighted by molar-refractivity contribution is 0.0691. The van der Waals surface area contributed by atoms with Gasteiger partial charge in [0, 0.05) is 19.6 Å². The number of hydrogen-bond donors (Lipinski definition) is 1. The van der Waals surface area contributed by atoms with Gasteiger partial charge in [0.1, 0.15) is 17.9 Å². The first-order valence-electron chi connectivity index (χ1n) is 6.98. The predicted octanol–water partition coefficient (Wildman–Crippen LogP) is 3.20. The van der Waals surface area contributed by atoms with Crippen molar-refractivity contribution < 1.29 is 14.6 Å². The predicted molar refractivity (Wildman–Crippen MR) is 86.7 cm³/mol. The quantitative estimate of drug-likeness (QED) is 0.919. The molecule has 2 aromatic rings. The molecule has 0 saturated carbocycles. The van der Waals surface area contributed by atoms with Crippen LogP contribution in [0.15, 0.2) is 48.5 Å². The topological polar surface area (TPSA) is 49.8 Å². The SMILES string of the molecule is Cl.O=C(O)c1ccccc1OCCN1Cc2ccccc2C1. The van der Waals surface area contributed by atoms with Crippen molar-refractivity contribution in [1.82, 2.24) is 4.90 Å². The molecule has 3 rings (SSSR count). The molecular weight excluding hydrogens is 302 g/mol. The van der Waals surface area contributed by atoms with Crippen molar-refractivity contribution >= 4 is 18.4 Å². The van der Waals surface area contributed by atoms with Crippen molar-refractivity contribution in [3.05, 3.63) is 65.2 Å². The zero-order valence-electron chi connectivity index (χ0n) is 12.1. The van der Waals surface area contributed by atoms with Gasteiger partial charge in [-0.05, 0) is 23.3 Å². The molecule has 4 nitrogen and oxygen atoms in total. The van der Waals surface area contributed by atoms with E-state index < -0.39 is 5.97 Å². The number of nitrogens with zero attached hydrogens (tertiary/aromatic N) is 1. The largest absolute Gasteiger partial charge is 0.491 e. The molecular formula is C17H18ClNO3. The van der Waals surface area contributed by atoms with Crippen LogP contribution in [0, 0.1) is 0 Å². The van der Waals surface area contributed by atoms with E-state index >= 15 is 0 Å². The lowest BCUT2D eigenvalue weighted by Crippen LogP contribution is -2.23. The van der Waals surface area contributed by atoms with Crippen molar-refractivity contribution in [2.75, 3.05) is 13.2 Å². The number of hydrogen-bond acceptors (Lipinski definition) is 3. The Bertz CT molecular complexity index is 635. The Kier molecular flexibility index (Phi) is 5.41. The Labute approximate surface area is 135 Å². The van der Waals surface area contributed by atoms with Gasteiger partial charge in [-0.15, -0.1) is 12.4 Å². The van der Waals surface area contributed by atoms with Crippen molar-refractivity contribution in [1.29, 1.82) is 0 Å². The van der Waals surface area contributed by atoms with Gasteiger partial charge in [-0.25, -0.2) is 4.79 Å². The van der Waals surface area contributed by atoms with Crippen molar-refractivity contribution in [2.24, 2.45) is 0 Å². The van der Waals surface area contributed by atoms with E-state index in [4.69, 9.17) is 9.84 Å². The fraction of sp³-hybridized carbons (Fsp3) is 0.235. The first kappa shape index (κ1) is 16.3. The van der Waals surface area contributed by atoms with E-state index in [-0.39, 0.29) is 18.0 Å². The van der Waals surface area contributed by atoms with Crippen LogP contribution in [0.2, 0.25) is 0 Å². The van der Waals surface area contributed by atoms with Crippen LogP contribution in [0.1, 0.15) is 21.5 Å². The van der Waals surface area contributed by atoms with Gasteiger partial charge in [-0.3, -0.25) is 4.90 Å². The van der Waals surface area contributed by atoms with Gasteiger partial charge in [0.05, 0.1) is 0 Å². The maximum absolute atomic E-state index is 11.1. The number of aromatic carboxylic acids is 1. The Morgan fingerprint density at radius 1 is 1.05 bits per heavy atom. The number of carboxylic acids is 1. The summed E-state index contributed by atoms with van der Waals surface area (Å²) in [5.41, 5.74) is 2.94. The second-order valence-electron chi connectivity index (χ2n) is 5.13. The normalized spacial score (nSPS) is 13.3. The fourth-order valence-electron chi connectivity index (χ4n) is 2.62. The summed E-state index contributed by atoms with van der Waals surface area (Å²) in [7, 11) is 0. The Hall–Kier alpha value is -2.04. The molecule has 1 N–H and O–H groups in total. The first-order valence-corrected chi connectivity index (χ1v) is 6.98. The van der Waals surface area contributed by atoms with Crippen LogP contribution >= 0.6 is 12.4 Å². The molecule has 0 aromatic heterocycles. The van der Waals surface area contributed by atoms with Crippen LogP contribution in [0.5, 0.6) is 5.75 Å². The monoisotopic (exact) mass is 319 g/mol. The van der Waals surface area contributed by atoms with E-state index in [1.165, 1.54) is 11.1 Å². The molecule has 0 radical (unpaired) electrons. The van der Waals surface area contributed by atoms with E-state index in [1.54, 1.807) is 24.3 Å². The number of fused-ring (bicyclic) bond motifs is 1. The van der Waals surface area contributed by atoms with Gasteiger partial charge in [-0.1, -0.05) is 36.4 Å². The Balaban J connectivity index is 0.00000176. The summed E-state index contributed by atoms with van der Waals surface area (Å²) >= 11 is 0. The second kappa shape index (κ2) is 7.29. The minimum Gasteiger partial charge on any atom is -0.491 e. The second-order valence-corrected chi connectivity index (χ2v) is 5.13. The smallest absolute Gasteiger partial charge is 0.339 e. The Morgan fingerprint density at radius 2 is 1.64 bits per heavy atom. The fourth-order valence-corrected chi connectivity index (χ4v) is 2.62. The summed E-state index contributed by atoms with van der Waals surface area (Å²) in [4.78, 5) is 13.4. The highest BCUT2D eigenvalue weighted by Gasteiger charge is 2.18. The molecule has 0 aliphatic carbocycles. The molecule has 1 aliphatic heterocycles. The van der Waals surface area contributed by atoms with Gasteiger partial charge in [0.15, 0.2) is 0 Å². The van der Waals surface area contributed by atoms with Crippen LogP contribution in [0.3, 0.4) is 0 Å². The molecule has 116 valence electrons. The highest BCUT2D eigenvalue weighted by Crippen LogP contribution is 2.22. The lowest BCUT2D eigenvalue weighted by atomic mass is 10.1. The maximum atomic E-state index is 11.1. The van der Waals surface area contributed by atoms with E-state index in [1.807, 2.05) is 0 Å². The average Bonchev–Trinajstić information content (AvgIpc) is 2.90. The van der Waals surface area contributed by atoms with Crippen LogP contribution in [-0.2, 0) is 13.1 Å². The maximum Gasteiger partial charge on any atom is 0.339 e. The summed E-state index contributed by atoms with van der Waals surface area (Å²) in [5, 5.41) is 9.10. The molecule has 0 amide bonds. The molecule has 0 bridgehead atoms. The molecule has 0 atom stereocenters. The zero-order chi connectivity index (χ0) is 14.7. The number of benzene rings is 2. The number of carboxylic acid groups (broad SMARTS) is 1. The minimum atomic E-state index is -0.959. The summed E-state index contributed by atoms with van der Waals surface area (Å²) < 4.78 is 5.64. The third kappa shape index (κ3) is 3.59. The number of ether oxygens (including phenoxy) is 1. The highest BCUT2D eigenvalue weighted by molar-refractivity contribution is 5.90. The highest BCUT2D eigenvalue weighted by atomic mass is 35.5. The molecule has 0 spiro atoms. The minimum absolute atomic E-state index is 0. The van der Waals surface area contributed by atoms with E-state index in [9.17, 15) is 4.79 Å². The molecule has 22 heavy (non-hydrogen) atoms. The summed E-state index contributed by atoms with van der Waals surface area (Å²) in [5.74, 6) is -0.527. The van der Waals surface area contributed by atoms with Gasteiger partial charge in [0.2, 0.25) is 0 Å². The van der Waals surface area contributed by atoms with Crippen LogP contribution in [-0.4, -0.2) is 29.1 Å². The number of para-hydroxylation sites is 1. The lowest BCUT2D eigenvalue weighted by Gasteiger charge is -2.16. The Morgan fingerprint density at radius 3 is 2.27 bits per heavy atom. The number of halogens is 1. The average molecular weight is 320 g/mol. The van der Waals surface area contributed by atoms with Gasteiger partial charge < -0.3 is 9.84 Å². The third-order valence-corrected chi connectivity index (χ3v) is 3.69. The van der Waals surface area contributed by atoms with Gasteiger partial charge in [-0.2, -0.15) is 0 Å². The standard InChI is InChI=1S/C17H17NO3.ClH/c19-17(20)15-7-3-4-8-16(15)21-10-9-18-11-13-5-1-2-6-14(13)12-18;/h1-8H,9-12H2,(H,19,20);1H. The summed E-state index contributed by atoms with van der Waals surface area (Å²) in [6, 6.07) is 15.2. The molecule has 1 aliphatic rings. The van der Waals surface area contributed by atoms with E-state index in [0.717, 1.165) is 19.6 Å². The molecule has 1 heterocycles. The van der Waals surface area contributed by atoms with Crippen LogP contribution < -0.4 is 4.74 Å². The van der Waals surface area contributed by atoms with E-state index in [0.29, 0.717) is 12.4 Å². The molecule has 0 saturated heterocycles. The molecule has 5 heteroatoms. The summed E-state index contributed by atoms with van der Waals surface area (Å²) in [6.07, 6.45) is 0. The third-order valence-electron chi connectivity index (χ3n) is 3.69. The van der Waals surface area contributed by atoms with Crippen molar-refractivity contribution in [2.45, 2.75) is 13.1 Å². The van der Waals surface area contributed by atoms with Crippen molar-refractivity contribution in [3.8, 4) is 5.75 Å². The van der Waals surface area contributed by atoms with Crippen LogP contribution in [0.25, 0.3) is 0 Å². The summed E-state index contributed by atoms with van der Waals surface area (Å²) in [6.45, 7) is 3.13. The van der Waals surface area contributed by atoms with Gasteiger partial charge in [0.25, 0.3) is 0 Å². The van der Waals surface area contributed by atoms with Crippen LogP contribution in [0.4, 0.5) is 0 Å². The first-order chi connectivity index (χ1) is 10.2. The van der Waals surface area contributed by atoms with Crippen molar-refractivity contribution in [3.63, 3.8) is 0 Å². The number of rotatable bonds is 5. The van der Waals surface area contributed by atoms with Gasteiger partial charge >= 0.3 is 5.97 Å². The zero-order valence-corrected chi connectivity index (χ0v) is 12.9. The molecule has 2 aromatic carbocycles. The molecule has 0 unspecified atom stereocenters. The van der Waals surface area contributed by atoms with E-state index in [2.05, 4.69) is 29.2 Å². The molecule has 0 fully saturated rings. The number of carbonyl (C=O) groups is 1.